The van der Waals surface area contributed by atoms with Crippen LogP contribution in [0.2, 0.25) is 0 Å². The highest BCUT2D eigenvalue weighted by molar-refractivity contribution is 5.94. The summed E-state index contributed by atoms with van der Waals surface area (Å²) in [6.45, 7) is 4.16. The Labute approximate surface area is 93.3 Å². The molecule has 2 rings (SSSR count). The minimum Gasteiger partial charge on any atom is -0.366 e. The summed E-state index contributed by atoms with van der Waals surface area (Å²) in [5, 5.41) is 4.35. The lowest BCUT2D eigenvalue weighted by Gasteiger charge is -2.06. The number of nitrogens with zero attached hydrogens (tertiary/aromatic N) is 3. The van der Waals surface area contributed by atoms with Crippen LogP contribution in [-0.2, 0) is 0 Å². The van der Waals surface area contributed by atoms with Gasteiger partial charge in [0.15, 0.2) is 5.82 Å². The molecule has 0 aromatic carbocycles. The van der Waals surface area contributed by atoms with E-state index in [9.17, 15) is 4.79 Å². The van der Waals surface area contributed by atoms with Gasteiger partial charge in [-0.05, 0) is 12.5 Å². The molecule has 5 heteroatoms. The Bertz CT molecular complexity index is 532. The van der Waals surface area contributed by atoms with E-state index >= 15 is 0 Å². The van der Waals surface area contributed by atoms with Crippen molar-refractivity contribution in [2.45, 2.75) is 26.2 Å². The van der Waals surface area contributed by atoms with Gasteiger partial charge >= 0.3 is 0 Å². The average Bonchev–Trinajstić information content (AvgIpc) is 2.70. The van der Waals surface area contributed by atoms with E-state index in [4.69, 9.17) is 5.73 Å². The Morgan fingerprint density at radius 1 is 1.62 bits per heavy atom. The SMILES string of the molecule is CCC(C)c1ncc2cc(C(N)=O)cn2n1. The first-order valence-electron chi connectivity index (χ1n) is 5.27. The molecule has 5 nitrogen and oxygen atoms in total. The molecule has 0 saturated heterocycles. The molecule has 1 atom stereocenters. The quantitative estimate of drug-likeness (QED) is 0.844. The van der Waals surface area contributed by atoms with Crippen LogP contribution in [0.3, 0.4) is 0 Å². The van der Waals surface area contributed by atoms with Crippen molar-refractivity contribution in [3.8, 4) is 0 Å². The molecule has 0 aliphatic heterocycles. The molecule has 0 aliphatic carbocycles. The zero-order chi connectivity index (χ0) is 11.7. The fraction of sp³-hybridized carbons (Fsp3) is 0.364. The third-order valence-corrected chi connectivity index (χ3v) is 2.71. The molecule has 2 heterocycles. The zero-order valence-electron chi connectivity index (χ0n) is 9.34. The summed E-state index contributed by atoms with van der Waals surface area (Å²) < 4.78 is 1.65. The lowest BCUT2D eigenvalue weighted by atomic mass is 10.1. The summed E-state index contributed by atoms with van der Waals surface area (Å²) in [5.74, 6) is 0.640. The van der Waals surface area contributed by atoms with Crippen molar-refractivity contribution < 1.29 is 4.79 Å². The minimum absolute atomic E-state index is 0.309. The van der Waals surface area contributed by atoms with Crippen LogP contribution in [0.4, 0.5) is 0 Å². The van der Waals surface area contributed by atoms with E-state index < -0.39 is 5.91 Å². The largest absolute Gasteiger partial charge is 0.366 e. The number of hydrogen-bond donors (Lipinski definition) is 1. The number of rotatable bonds is 3. The van der Waals surface area contributed by atoms with Gasteiger partial charge in [-0.2, -0.15) is 5.10 Å². The number of carbonyl (C=O) groups is 1. The smallest absolute Gasteiger partial charge is 0.250 e. The molecule has 2 aromatic heterocycles. The van der Waals surface area contributed by atoms with E-state index in [2.05, 4.69) is 23.9 Å². The standard InChI is InChI=1S/C11H14N4O/c1-3-7(2)11-13-5-9-4-8(10(12)16)6-15(9)14-11/h4-7H,3H2,1-2H3,(H2,12,16). The van der Waals surface area contributed by atoms with Crippen molar-refractivity contribution in [3.05, 3.63) is 29.8 Å². The number of hydrogen-bond acceptors (Lipinski definition) is 3. The first kappa shape index (κ1) is 10.6. The van der Waals surface area contributed by atoms with Crippen molar-refractivity contribution in [2.75, 3.05) is 0 Å². The molecule has 1 unspecified atom stereocenters. The van der Waals surface area contributed by atoms with Crippen LogP contribution in [0.15, 0.2) is 18.5 Å². The number of amides is 1. The summed E-state index contributed by atoms with van der Waals surface area (Å²) in [6.07, 6.45) is 4.32. The maximum Gasteiger partial charge on any atom is 0.250 e. The van der Waals surface area contributed by atoms with E-state index in [1.807, 2.05) is 0 Å². The summed E-state index contributed by atoms with van der Waals surface area (Å²) in [6, 6.07) is 1.68. The molecule has 0 bridgehead atoms. The third-order valence-electron chi connectivity index (χ3n) is 2.71. The molecular formula is C11H14N4O. The Hall–Kier alpha value is -1.91. The molecule has 2 N–H and O–H groups in total. The van der Waals surface area contributed by atoms with Gasteiger partial charge in [-0.3, -0.25) is 4.79 Å². The summed E-state index contributed by atoms with van der Waals surface area (Å²) in [7, 11) is 0. The van der Waals surface area contributed by atoms with Crippen LogP contribution in [0.1, 0.15) is 42.4 Å². The topological polar surface area (TPSA) is 73.3 Å². The predicted molar refractivity (Wildman–Crippen MR) is 60.2 cm³/mol. The molecule has 0 fully saturated rings. The summed E-state index contributed by atoms with van der Waals surface area (Å²) >= 11 is 0. The van der Waals surface area contributed by atoms with Crippen LogP contribution >= 0.6 is 0 Å². The summed E-state index contributed by atoms with van der Waals surface area (Å²) in [4.78, 5) is 15.3. The van der Waals surface area contributed by atoms with E-state index in [1.54, 1.807) is 23.0 Å². The molecule has 0 saturated carbocycles. The van der Waals surface area contributed by atoms with Crippen molar-refractivity contribution in [3.63, 3.8) is 0 Å². The Balaban J connectivity index is 2.49. The summed E-state index contributed by atoms with van der Waals surface area (Å²) in [5.41, 5.74) is 6.43. The van der Waals surface area contributed by atoms with Crippen molar-refractivity contribution in [2.24, 2.45) is 5.73 Å². The van der Waals surface area contributed by atoms with Gasteiger partial charge in [0.05, 0.1) is 17.3 Å². The van der Waals surface area contributed by atoms with Crippen LogP contribution in [0, 0.1) is 0 Å². The number of nitrogens with two attached hydrogens (primary N) is 1. The molecular weight excluding hydrogens is 204 g/mol. The number of primary amides is 1. The van der Waals surface area contributed by atoms with Crippen molar-refractivity contribution in [1.82, 2.24) is 14.6 Å². The zero-order valence-corrected chi connectivity index (χ0v) is 9.34. The predicted octanol–water partition coefficient (Wildman–Crippen LogP) is 1.34. The van der Waals surface area contributed by atoms with Crippen LogP contribution in [0.25, 0.3) is 5.52 Å². The Morgan fingerprint density at radius 3 is 3.00 bits per heavy atom. The second kappa shape index (κ2) is 3.92. The van der Waals surface area contributed by atoms with E-state index in [0.717, 1.165) is 17.8 Å². The van der Waals surface area contributed by atoms with Gasteiger partial charge in [0.1, 0.15) is 0 Å². The highest BCUT2D eigenvalue weighted by Crippen LogP contribution is 2.15. The second-order valence-electron chi connectivity index (χ2n) is 3.89. The van der Waals surface area contributed by atoms with Gasteiger partial charge in [0.25, 0.3) is 0 Å². The third kappa shape index (κ3) is 1.76. The molecule has 0 radical (unpaired) electrons. The van der Waals surface area contributed by atoms with Gasteiger partial charge in [0, 0.05) is 12.1 Å². The van der Waals surface area contributed by atoms with Gasteiger partial charge in [-0.15, -0.1) is 0 Å². The van der Waals surface area contributed by atoms with Crippen molar-refractivity contribution >= 4 is 11.4 Å². The maximum atomic E-state index is 11.0. The van der Waals surface area contributed by atoms with Gasteiger partial charge < -0.3 is 5.73 Å². The van der Waals surface area contributed by atoms with E-state index in [0.29, 0.717) is 11.5 Å². The Kier molecular flexibility index (Phi) is 2.60. The molecule has 84 valence electrons. The highest BCUT2D eigenvalue weighted by atomic mass is 16.1. The van der Waals surface area contributed by atoms with E-state index in [-0.39, 0.29) is 0 Å². The number of aromatic nitrogens is 3. The van der Waals surface area contributed by atoms with Crippen molar-refractivity contribution in [1.29, 1.82) is 0 Å². The first-order chi connectivity index (χ1) is 7.61. The average molecular weight is 218 g/mol. The maximum absolute atomic E-state index is 11.0. The number of fused-ring (bicyclic) bond motifs is 1. The molecule has 2 aromatic rings. The monoisotopic (exact) mass is 218 g/mol. The Morgan fingerprint density at radius 2 is 2.38 bits per heavy atom. The number of carbonyl (C=O) groups excluding carboxylic acids is 1. The fourth-order valence-electron chi connectivity index (χ4n) is 1.46. The van der Waals surface area contributed by atoms with Crippen LogP contribution in [-0.4, -0.2) is 20.5 Å². The lowest BCUT2D eigenvalue weighted by molar-refractivity contribution is 0.100. The first-order valence-corrected chi connectivity index (χ1v) is 5.27. The normalized spacial score (nSPS) is 12.9. The lowest BCUT2D eigenvalue weighted by Crippen LogP contribution is -2.09. The van der Waals surface area contributed by atoms with Gasteiger partial charge in [-0.1, -0.05) is 13.8 Å². The molecule has 0 aliphatic rings. The molecule has 0 spiro atoms. The van der Waals surface area contributed by atoms with Crippen LogP contribution in [0.5, 0.6) is 0 Å². The minimum atomic E-state index is -0.449. The second-order valence-corrected chi connectivity index (χ2v) is 3.89. The van der Waals surface area contributed by atoms with Gasteiger partial charge in [0.2, 0.25) is 5.91 Å². The molecule has 16 heavy (non-hydrogen) atoms. The van der Waals surface area contributed by atoms with Crippen LogP contribution < -0.4 is 5.73 Å². The van der Waals surface area contributed by atoms with Gasteiger partial charge in [-0.25, -0.2) is 9.50 Å². The highest BCUT2D eigenvalue weighted by Gasteiger charge is 2.10. The van der Waals surface area contributed by atoms with E-state index in [1.165, 1.54) is 0 Å². The molecule has 1 amide bonds. The fourth-order valence-corrected chi connectivity index (χ4v) is 1.46.